The van der Waals surface area contributed by atoms with E-state index in [-0.39, 0.29) is 17.7 Å². The minimum atomic E-state index is -0.432. The van der Waals surface area contributed by atoms with Crippen LogP contribution in [0.15, 0.2) is 6.07 Å². The van der Waals surface area contributed by atoms with Crippen LogP contribution in [0.3, 0.4) is 0 Å². The topological polar surface area (TPSA) is 64.8 Å². The van der Waals surface area contributed by atoms with E-state index < -0.39 is 6.04 Å². The van der Waals surface area contributed by atoms with E-state index in [9.17, 15) is 9.59 Å². The highest BCUT2D eigenvalue weighted by atomic mass is 35.5. The van der Waals surface area contributed by atoms with E-state index in [1.807, 2.05) is 0 Å². The number of methoxy groups -OCH3 is 3. The lowest BCUT2D eigenvalue weighted by Gasteiger charge is -2.18. The summed E-state index contributed by atoms with van der Waals surface area (Å²) in [5.41, 5.74) is 1.25. The number of hydrogen-bond acceptors (Lipinski definition) is 5. The van der Waals surface area contributed by atoms with Gasteiger partial charge in [0.2, 0.25) is 11.7 Å². The lowest BCUT2D eigenvalue weighted by molar-refractivity contribution is -0.126. The third-order valence-electron chi connectivity index (χ3n) is 4.32. The fourth-order valence-electron chi connectivity index (χ4n) is 3.29. The van der Waals surface area contributed by atoms with Crippen molar-refractivity contribution in [1.29, 1.82) is 0 Å². The molecule has 6 nitrogen and oxygen atoms in total. The van der Waals surface area contributed by atoms with Gasteiger partial charge in [-0.3, -0.25) is 9.59 Å². The molecule has 2 aliphatic rings. The number of ether oxygens (including phenoxy) is 3. The largest absolute Gasteiger partial charge is 0.493 e. The second-order valence-corrected chi connectivity index (χ2v) is 5.83. The van der Waals surface area contributed by atoms with Crippen molar-refractivity contribution >= 4 is 23.3 Å². The number of carbonyl (C=O) groups excluding carboxylic acids is 2. The Morgan fingerprint density at radius 2 is 1.87 bits per heavy atom. The van der Waals surface area contributed by atoms with Gasteiger partial charge >= 0.3 is 0 Å². The van der Waals surface area contributed by atoms with Gasteiger partial charge < -0.3 is 19.1 Å². The molecular weight excluding hydrogens is 322 g/mol. The van der Waals surface area contributed by atoms with Crippen LogP contribution in [0.2, 0.25) is 0 Å². The second kappa shape index (κ2) is 5.92. The van der Waals surface area contributed by atoms with Gasteiger partial charge in [0.1, 0.15) is 6.04 Å². The zero-order chi connectivity index (χ0) is 16.7. The van der Waals surface area contributed by atoms with E-state index in [0.717, 1.165) is 5.56 Å². The van der Waals surface area contributed by atoms with Crippen molar-refractivity contribution in [3.63, 3.8) is 0 Å². The molecule has 2 unspecified atom stereocenters. The highest BCUT2D eigenvalue weighted by Gasteiger charge is 2.63. The van der Waals surface area contributed by atoms with Crippen LogP contribution in [0.1, 0.15) is 34.8 Å². The Morgan fingerprint density at radius 3 is 2.43 bits per heavy atom. The number of halogens is 1. The number of benzene rings is 1. The second-order valence-electron chi connectivity index (χ2n) is 5.46. The van der Waals surface area contributed by atoms with Gasteiger partial charge in [0.15, 0.2) is 17.3 Å². The number of ketones is 1. The summed E-state index contributed by atoms with van der Waals surface area (Å²) in [6, 6.07) is 1.10. The van der Waals surface area contributed by atoms with Gasteiger partial charge in [-0.2, -0.15) is 0 Å². The highest BCUT2D eigenvalue weighted by molar-refractivity contribution is 6.18. The molecule has 0 aromatic heterocycles. The van der Waals surface area contributed by atoms with Crippen molar-refractivity contribution in [1.82, 2.24) is 4.90 Å². The summed E-state index contributed by atoms with van der Waals surface area (Å²) in [6.07, 6.45) is 0.955. The summed E-state index contributed by atoms with van der Waals surface area (Å²) in [5, 5.41) is 0. The lowest BCUT2D eigenvalue weighted by Crippen LogP contribution is -2.21. The van der Waals surface area contributed by atoms with Crippen molar-refractivity contribution in [2.45, 2.75) is 24.9 Å². The van der Waals surface area contributed by atoms with Crippen LogP contribution < -0.4 is 14.2 Å². The fraction of sp³-hybridized carbons (Fsp3) is 0.500. The quantitative estimate of drug-likeness (QED) is 0.587. The summed E-state index contributed by atoms with van der Waals surface area (Å²) in [5.74, 6) is 1.51. The number of rotatable bonds is 6. The standard InChI is InChI=1S/C16H18ClNO5/c1-21-9-7-8-11(16(23-3)15(9)22-2)14(20)13-12(8)18(13)10(19)5-4-6-17/h7,12-13H,4-6H2,1-3H3. The van der Waals surface area contributed by atoms with E-state index in [2.05, 4.69) is 0 Å². The molecule has 1 heterocycles. The first kappa shape index (κ1) is 15.9. The molecule has 0 spiro atoms. The Hall–Kier alpha value is -1.95. The summed E-state index contributed by atoms with van der Waals surface area (Å²) in [6.45, 7) is 0. The van der Waals surface area contributed by atoms with E-state index in [1.54, 1.807) is 11.0 Å². The van der Waals surface area contributed by atoms with Crippen molar-refractivity contribution in [2.24, 2.45) is 0 Å². The van der Waals surface area contributed by atoms with Crippen LogP contribution >= 0.6 is 11.6 Å². The smallest absolute Gasteiger partial charge is 0.223 e. The number of nitrogens with zero attached hydrogens (tertiary/aromatic N) is 1. The molecule has 1 saturated heterocycles. The Balaban J connectivity index is 1.99. The average molecular weight is 340 g/mol. The van der Waals surface area contributed by atoms with Crippen LogP contribution in [0.25, 0.3) is 0 Å². The highest BCUT2D eigenvalue weighted by Crippen LogP contribution is 2.58. The minimum Gasteiger partial charge on any atom is -0.493 e. The minimum absolute atomic E-state index is 0.0478. The molecule has 1 aliphatic heterocycles. The fourth-order valence-corrected chi connectivity index (χ4v) is 3.42. The van der Waals surface area contributed by atoms with Crippen LogP contribution in [-0.2, 0) is 4.79 Å². The van der Waals surface area contributed by atoms with Crippen molar-refractivity contribution in [3.8, 4) is 17.2 Å². The van der Waals surface area contributed by atoms with Crippen LogP contribution in [0, 0.1) is 0 Å². The predicted octanol–water partition coefficient (Wildman–Crippen LogP) is 2.18. The van der Waals surface area contributed by atoms with Crippen molar-refractivity contribution < 1.29 is 23.8 Å². The molecule has 1 aromatic carbocycles. The first-order valence-electron chi connectivity index (χ1n) is 7.34. The number of carbonyl (C=O) groups is 2. The summed E-state index contributed by atoms with van der Waals surface area (Å²) >= 11 is 5.63. The first-order chi connectivity index (χ1) is 11.1. The van der Waals surface area contributed by atoms with E-state index >= 15 is 0 Å². The van der Waals surface area contributed by atoms with Gasteiger partial charge in [0.05, 0.1) is 32.9 Å². The van der Waals surface area contributed by atoms with E-state index in [0.29, 0.717) is 41.5 Å². The molecule has 1 amide bonds. The van der Waals surface area contributed by atoms with Crippen LogP contribution in [0.5, 0.6) is 17.2 Å². The first-order valence-corrected chi connectivity index (χ1v) is 7.88. The van der Waals surface area contributed by atoms with Gasteiger partial charge in [-0.1, -0.05) is 0 Å². The number of Topliss-reactive ketones (excluding diaryl/α,β-unsaturated/α-hetero) is 1. The molecule has 0 N–H and O–H groups in total. The molecule has 0 radical (unpaired) electrons. The molecule has 23 heavy (non-hydrogen) atoms. The Labute approximate surface area is 139 Å². The molecule has 3 rings (SSSR count). The van der Waals surface area contributed by atoms with Crippen LogP contribution in [0.4, 0.5) is 0 Å². The molecule has 1 fully saturated rings. The zero-order valence-corrected chi connectivity index (χ0v) is 14.0. The maximum absolute atomic E-state index is 12.7. The molecule has 0 bridgehead atoms. The van der Waals surface area contributed by atoms with Crippen molar-refractivity contribution in [2.75, 3.05) is 27.2 Å². The number of hydrogen-bond donors (Lipinski definition) is 0. The van der Waals surface area contributed by atoms with Crippen LogP contribution in [-0.4, -0.2) is 49.8 Å². The van der Waals surface area contributed by atoms with Gasteiger partial charge in [0.25, 0.3) is 0 Å². The van der Waals surface area contributed by atoms with Gasteiger partial charge in [-0.15, -0.1) is 11.6 Å². The average Bonchev–Trinajstić information content (AvgIpc) is 3.25. The summed E-state index contributed by atoms with van der Waals surface area (Å²) in [7, 11) is 4.50. The van der Waals surface area contributed by atoms with E-state index in [4.69, 9.17) is 25.8 Å². The third-order valence-corrected chi connectivity index (χ3v) is 4.58. The maximum Gasteiger partial charge on any atom is 0.223 e. The number of alkyl halides is 1. The summed E-state index contributed by atoms with van der Waals surface area (Å²) < 4.78 is 16.0. The number of fused-ring (bicyclic) bond motifs is 3. The SMILES string of the molecule is COc1cc2c(c(OC)c1OC)C(=O)C1C2N1C(=O)CCCCl. The molecule has 2 atom stereocenters. The molecular formula is C16H18ClNO5. The zero-order valence-electron chi connectivity index (χ0n) is 13.2. The maximum atomic E-state index is 12.7. The monoisotopic (exact) mass is 339 g/mol. The molecule has 1 aromatic rings. The Bertz CT molecular complexity index is 675. The molecule has 0 saturated carbocycles. The Kier molecular flexibility index (Phi) is 4.10. The van der Waals surface area contributed by atoms with Gasteiger partial charge in [0, 0.05) is 12.3 Å². The lowest BCUT2D eigenvalue weighted by atomic mass is 10.0. The predicted molar refractivity (Wildman–Crippen MR) is 83.8 cm³/mol. The number of amides is 1. The van der Waals surface area contributed by atoms with Gasteiger partial charge in [-0.25, -0.2) is 0 Å². The molecule has 7 heteroatoms. The summed E-state index contributed by atoms with van der Waals surface area (Å²) in [4.78, 5) is 26.5. The molecule has 1 aliphatic carbocycles. The Morgan fingerprint density at radius 1 is 1.17 bits per heavy atom. The third kappa shape index (κ3) is 2.24. The normalized spacial score (nSPS) is 20.9. The van der Waals surface area contributed by atoms with Gasteiger partial charge in [-0.05, 0) is 18.1 Å². The molecule has 124 valence electrons. The van der Waals surface area contributed by atoms with E-state index in [1.165, 1.54) is 21.3 Å². The van der Waals surface area contributed by atoms with Crippen molar-refractivity contribution in [3.05, 3.63) is 17.2 Å².